The standard InChI is InChI=1S/C17H19F3N2O5S/c1-22-12-7-14(27-28(24,25)17(18,19)20)15(13(22)9-21-8-12)16(23)26-10-11-5-3-2-4-6-11/h2-6,12-13,21H,7-10H2,1H3. The molecular weight excluding hydrogens is 401 g/mol. The number of ether oxygens (including phenoxy) is 1. The molecule has 0 spiro atoms. The van der Waals surface area contributed by atoms with Crippen molar-refractivity contribution < 1.29 is 35.3 Å². The number of alkyl halides is 3. The molecule has 0 saturated carbocycles. The lowest BCUT2D eigenvalue weighted by Crippen LogP contribution is -2.60. The van der Waals surface area contributed by atoms with Crippen LogP contribution in [0.3, 0.4) is 0 Å². The first-order valence-corrected chi connectivity index (χ1v) is 9.88. The van der Waals surface area contributed by atoms with Crippen molar-refractivity contribution in [3.8, 4) is 0 Å². The van der Waals surface area contributed by atoms with Gasteiger partial charge in [-0.05, 0) is 12.6 Å². The molecule has 0 aromatic heterocycles. The van der Waals surface area contributed by atoms with Gasteiger partial charge in [0.05, 0.1) is 11.6 Å². The van der Waals surface area contributed by atoms with Crippen LogP contribution in [0.4, 0.5) is 13.2 Å². The molecule has 2 atom stereocenters. The molecule has 2 bridgehead atoms. The number of benzene rings is 1. The van der Waals surface area contributed by atoms with Gasteiger partial charge >= 0.3 is 21.6 Å². The number of hydrogen-bond donors (Lipinski definition) is 1. The van der Waals surface area contributed by atoms with Gasteiger partial charge in [-0.2, -0.15) is 21.6 Å². The number of likely N-dealkylation sites (N-methyl/N-ethyl adjacent to an activating group) is 1. The average molecular weight is 420 g/mol. The number of fused-ring (bicyclic) bond motifs is 2. The minimum absolute atomic E-state index is 0.101. The highest BCUT2D eigenvalue weighted by molar-refractivity contribution is 7.87. The number of carbonyl (C=O) groups is 1. The van der Waals surface area contributed by atoms with Crippen LogP contribution < -0.4 is 5.32 Å². The molecule has 2 heterocycles. The van der Waals surface area contributed by atoms with Crippen molar-refractivity contribution in [3.63, 3.8) is 0 Å². The summed E-state index contributed by atoms with van der Waals surface area (Å²) in [6, 6.07) is 7.76. The largest absolute Gasteiger partial charge is 0.534 e. The molecule has 1 fully saturated rings. The van der Waals surface area contributed by atoms with E-state index in [0.717, 1.165) is 0 Å². The summed E-state index contributed by atoms with van der Waals surface area (Å²) in [6.45, 7) is 0.579. The average Bonchev–Trinajstić information content (AvgIpc) is 2.61. The lowest BCUT2D eigenvalue weighted by molar-refractivity contribution is -0.142. The molecule has 154 valence electrons. The number of halogens is 3. The molecule has 7 nitrogen and oxygen atoms in total. The molecule has 28 heavy (non-hydrogen) atoms. The fraction of sp³-hybridized carbons (Fsp3) is 0.471. The molecule has 2 aliphatic rings. The van der Waals surface area contributed by atoms with Crippen molar-refractivity contribution in [2.45, 2.75) is 30.6 Å². The Hall–Kier alpha value is -2.11. The number of carbonyl (C=O) groups excluding carboxylic acids is 1. The van der Waals surface area contributed by atoms with Crippen molar-refractivity contribution in [1.29, 1.82) is 0 Å². The van der Waals surface area contributed by atoms with Gasteiger partial charge in [0.25, 0.3) is 0 Å². The van der Waals surface area contributed by atoms with Crippen LogP contribution in [0, 0.1) is 0 Å². The molecule has 11 heteroatoms. The van der Waals surface area contributed by atoms with Crippen LogP contribution in [0.15, 0.2) is 41.7 Å². The van der Waals surface area contributed by atoms with Gasteiger partial charge in [-0.1, -0.05) is 30.3 Å². The van der Waals surface area contributed by atoms with Crippen molar-refractivity contribution in [2.24, 2.45) is 0 Å². The Morgan fingerprint density at radius 2 is 1.93 bits per heavy atom. The van der Waals surface area contributed by atoms with Crippen LogP contribution in [0.2, 0.25) is 0 Å². The van der Waals surface area contributed by atoms with Gasteiger partial charge in [0, 0.05) is 25.6 Å². The van der Waals surface area contributed by atoms with Crippen molar-refractivity contribution >= 4 is 16.1 Å². The highest BCUT2D eigenvalue weighted by Gasteiger charge is 2.51. The Labute approximate surface area is 160 Å². The minimum atomic E-state index is -5.88. The van der Waals surface area contributed by atoms with E-state index in [0.29, 0.717) is 12.1 Å². The Bertz CT molecular complexity index is 871. The number of nitrogens with zero attached hydrogens (tertiary/aromatic N) is 1. The second-order valence-electron chi connectivity index (χ2n) is 6.58. The van der Waals surface area contributed by atoms with Gasteiger partial charge in [0.2, 0.25) is 0 Å². The maximum Gasteiger partial charge on any atom is 0.534 e. The highest BCUT2D eigenvalue weighted by Crippen LogP contribution is 2.35. The van der Waals surface area contributed by atoms with E-state index in [1.807, 2.05) is 4.90 Å². The zero-order chi connectivity index (χ0) is 20.5. The van der Waals surface area contributed by atoms with Crippen LogP contribution in [-0.2, 0) is 30.4 Å². The Balaban J connectivity index is 1.91. The van der Waals surface area contributed by atoms with E-state index in [2.05, 4.69) is 9.50 Å². The first-order valence-electron chi connectivity index (χ1n) is 8.47. The summed E-state index contributed by atoms with van der Waals surface area (Å²) >= 11 is 0. The fourth-order valence-corrected chi connectivity index (χ4v) is 3.79. The summed E-state index contributed by atoms with van der Waals surface area (Å²) < 4.78 is 71.0. The van der Waals surface area contributed by atoms with Crippen LogP contribution >= 0.6 is 0 Å². The predicted molar refractivity (Wildman–Crippen MR) is 92.1 cm³/mol. The molecule has 1 aromatic rings. The number of esters is 1. The molecule has 0 aliphatic carbocycles. The molecule has 0 radical (unpaired) electrons. The number of piperazine rings is 1. The summed E-state index contributed by atoms with van der Waals surface area (Å²) in [5.74, 6) is -1.42. The van der Waals surface area contributed by atoms with Gasteiger partial charge < -0.3 is 14.2 Å². The first-order chi connectivity index (χ1) is 13.1. The normalized spacial score (nSPS) is 23.4. The van der Waals surface area contributed by atoms with E-state index in [1.54, 1.807) is 37.4 Å². The number of nitrogens with one attached hydrogen (secondary N) is 1. The summed E-state index contributed by atoms with van der Waals surface area (Å²) in [6.07, 6.45) is -0.162. The first kappa shape index (κ1) is 20.6. The topological polar surface area (TPSA) is 84.9 Å². The summed E-state index contributed by atoms with van der Waals surface area (Å²) in [5, 5.41) is 3.08. The van der Waals surface area contributed by atoms with Crippen LogP contribution in [0.1, 0.15) is 12.0 Å². The summed E-state index contributed by atoms with van der Waals surface area (Å²) in [5.41, 5.74) is -5.11. The third-order valence-corrected chi connectivity index (χ3v) is 5.75. The fourth-order valence-electron chi connectivity index (χ4n) is 3.27. The highest BCUT2D eigenvalue weighted by atomic mass is 32.2. The number of rotatable bonds is 5. The van der Waals surface area contributed by atoms with Crippen LogP contribution in [0.25, 0.3) is 0 Å². The molecule has 1 N–H and O–H groups in total. The molecule has 1 aromatic carbocycles. The van der Waals surface area contributed by atoms with Gasteiger partial charge in [-0.3, -0.25) is 4.90 Å². The van der Waals surface area contributed by atoms with Gasteiger partial charge in [-0.25, -0.2) is 4.79 Å². The van der Waals surface area contributed by atoms with E-state index >= 15 is 0 Å². The smallest absolute Gasteiger partial charge is 0.457 e. The second kappa shape index (κ2) is 7.72. The van der Waals surface area contributed by atoms with E-state index in [-0.39, 0.29) is 31.2 Å². The Kier molecular flexibility index (Phi) is 5.69. The van der Waals surface area contributed by atoms with E-state index < -0.39 is 33.4 Å². The van der Waals surface area contributed by atoms with Gasteiger partial charge in [0.15, 0.2) is 0 Å². The van der Waals surface area contributed by atoms with E-state index in [1.165, 1.54) is 0 Å². The molecule has 0 amide bonds. The Morgan fingerprint density at radius 3 is 2.57 bits per heavy atom. The lowest BCUT2D eigenvalue weighted by Gasteiger charge is -2.44. The quantitative estimate of drug-likeness (QED) is 0.439. The van der Waals surface area contributed by atoms with Crippen molar-refractivity contribution in [1.82, 2.24) is 10.2 Å². The van der Waals surface area contributed by atoms with E-state index in [9.17, 15) is 26.4 Å². The second-order valence-corrected chi connectivity index (χ2v) is 8.12. The van der Waals surface area contributed by atoms with Crippen LogP contribution in [0.5, 0.6) is 0 Å². The third-order valence-electron chi connectivity index (χ3n) is 4.77. The summed E-state index contributed by atoms with van der Waals surface area (Å²) in [4.78, 5) is 14.5. The monoisotopic (exact) mass is 420 g/mol. The molecule has 2 unspecified atom stereocenters. The zero-order valence-electron chi connectivity index (χ0n) is 14.9. The van der Waals surface area contributed by atoms with Gasteiger partial charge in [-0.15, -0.1) is 0 Å². The SMILES string of the molecule is CN1C2CNCC1C(C(=O)OCc1ccccc1)=C(OS(=O)(=O)C(F)(F)F)C2. The van der Waals surface area contributed by atoms with Crippen LogP contribution in [-0.4, -0.2) is 57.0 Å². The maximum atomic E-state index is 12.8. The predicted octanol–water partition coefficient (Wildman–Crippen LogP) is 1.53. The maximum absolute atomic E-state index is 12.8. The molecular formula is C17H19F3N2O5S. The molecule has 3 rings (SSSR count). The number of hydrogen-bond acceptors (Lipinski definition) is 7. The third kappa shape index (κ3) is 4.15. The molecule has 1 saturated heterocycles. The minimum Gasteiger partial charge on any atom is -0.457 e. The van der Waals surface area contributed by atoms with E-state index in [4.69, 9.17) is 4.74 Å². The summed E-state index contributed by atoms with van der Waals surface area (Å²) in [7, 11) is -4.17. The molecule has 2 aliphatic heterocycles. The Morgan fingerprint density at radius 1 is 1.25 bits per heavy atom. The van der Waals surface area contributed by atoms with Gasteiger partial charge in [0.1, 0.15) is 12.4 Å². The van der Waals surface area contributed by atoms with Crippen molar-refractivity contribution in [2.75, 3.05) is 20.1 Å². The zero-order valence-corrected chi connectivity index (χ0v) is 15.7. The van der Waals surface area contributed by atoms with Crippen molar-refractivity contribution in [3.05, 3.63) is 47.2 Å². The lowest BCUT2D eigenvalue weighted by atomic mass is 9.91.